The summed E-state index contributed by atoms with van der Waals surface area (Å²) in [6.07, 6.45) is 1.87. The van der Waals surface area contributed by atoms with Crippen molar-refractivity contribution in [3.8, 4) is 0 Å². The molecule has 84 valence electrons. The molecule has 2 unspecified atom stereocenters. The molecule has 0 saturated carbocycles. The lowest BCUT2D eigenvalue weighted by atomic mass is 10.2. The van der Waals surface area contributed by atoms with Gasteiger partial charge in [0.2, 0.25) is 0 Å². The largest absolute Gasteiger partial charge is 0.465 e. The molecule has 14 heavy (non-hydrogen) atoms. The summed E-state index contributed by atoms with van der Waals surface area (Å²) in [5.41, 5.74) is 5.64. The number of rotatable bonds is 7. The van der Waals surface area contributed by atoms with E-state index in [0.29, 0.717) is 6.61 Å². The highest BCUT2D eigenvalue weighted by Crippen LogP contribution is 2.18. The molecular weight excluding hydrogens is 198 g/mol. The zero-order chi connectivity index (χ0) is 11.0. The molecule has 3 nitrogen and oxygen atoms in total. The molecule has 0 saturated heterocycles. The Morgan fingerprint density at radius 2 is 2.14 bits per heavy atom. The predicted molar refractivity (Wildman–Crippen MR) is 61.4 cm³/mol. The molecule has 0 radical (unpaired) electrons. The van der Waals surface area contributed by atoms with Crippen molar-refractivity contribution >= 4 is 17.7 Å². The van der Waals surface area contributed by atoms with Gasteiger partial charge in [-0.15, -0.1) is 11.8 Å². The van der Waals surface area contributed by atoms with Crippen molar-refractivity contribution in [1.82, 2.24) is 0 Å². The molecule has 0 heterocycles. The van der Waals surface area contributed by atoms with Gasteiger partial charge in [-0.25, -0.2) is 0 Å². The minimum absolute atomic E-state index is 0.0362. The fraction of sp³-hybridized carbons (Fsp3) is 0.900. The quantitative estimate of drug-likeness (QED) is 0.663. The summed E-state index contributed by atoms with van der Waals surface area (Å²) < 4.78 is 4.99. The average Bonchev–Trinajstić information content (AvgIpc) is 2.12. The first kappa shape index (κ1) is 13.8. The molecule has 0 aliphatic heterocycles. The van der Waals surface area contributed by atoms with E-state index in [-0.39, 0.29) is 17.3 Å². The van der Waals surface area contributed by atoms with E-state index in [1.165, 1.54) is 0 Å². The maximum atomic E-state index is 11.5. The molecule has 0 spiro atoms. The lowest BCUT2D eigenvalue weighted by Crippen LogP contribution is -2.25. The van der Waals surface area contributed by atoms with Crippen LogP contribution in [0, 0.1) is 0 Å². The molecule has 0 fully saturated rings. The summed E-state index contributed by atoms with van der Waals surface area (Å²) in [4.78, 5) is 11.5. The highest BCUT2D eigenvalue weighted by molar-refractivity contribution is 8.00. The second-order valence-electron chi connectivity index (χ2n) is 3.34. The monoisotopic (exact) mass is 219 g/mol. The molecule has 4 heteroatoms. The fourth-order valence-corrected chi connectivity index (χ4v) is 2.18. The van der Waals surface area contributed by atoms with E-state index in [0.717, 1.165) is 18.6 Å². The molecule has 2 N–H and O–H groups in total. The van der Waals surface area contributed by atoms with Gasteiger partial charge in [0.15, 0.2) is 0 Å². The Balaban J connectivity index is 3.93. The third kappa shape index (κ3) is 6.27. The molecule has 0 aromatic heterocycles. The van der Waals surface area contributed by atoms with E-state index in [9.17, 15) is 4.79 Å². The van der Waals surface area contributed by atoms with Crippen molar-refractivity contribution in [2.75, 3.05) is 12.4 Å². The summed E-state index contributed by atoms with van der Waals surface area (Å²) in [7, 11) is 0. The van der Waals surface area contributed by atoms with E-state index in [1.807, 2.05) is 13.8 Å². The molecule has 0 amide bonds. The lowest BCUT2D eigenvalue weighted by Gasteiger charge is -2.15. The normalized spacial score (nSPS) is 14.9. The van der Waals surface area contributed by atoms with Crippen LogP contribution in [0.25, 0.3) is 0 Å². The van der Waals surface area contributed by atoms with E-state index in [4.69, 9.17) is 10.5 Å². The predicted octanol–water partition coefficient (Wildman–Crippen LogP) is 1.80. The second-order valence-corrected chi connectivity index (χ2v) is 4.58. The minimum Gasteiger partial charge on any atom is -0.465 e. The summed E-state index contributed by atoms with van der Waals surface area (Å²) in [5.74, 6) is 0.712. The Bertz CT molecular complexity index is 162. The molecule has 0 aliphatic rings. The van der Waals surface area contributed by atoms with Crippen LogP contribution in [0.1, 0.15) is 33.6 Å². The van der Waals surface area contributed by atoms with E-state index < -0.39 is 0 Å². The second kappa shape index (κ2) is 8.12. The third-order valence-electron chi connectivity index (χ3n) is 1.66. The number of nitrogens with two attached hydrogens (primary N) is 1. The maximum absolute atomic E-state index is 11.5. The van der Waals surface area contributed by atoms with E-state index in [1.54, 1.807) is 11.8 Å². The number of carbonyl (C=O) groups is 1. The first-order chi connectivity index (χ1) is 6.61. The lowest BCUT2D eigenvalue weighted by molar-refractivity contribution is -0.142. The van der Waals surface area contributed by atoms with Gasteiger partial charge in [-0.1, -0.05) is 13.3 Å². The van der Waals surface area contributed by atoms with Crippen LogP contribution in [-0.4, -0.2) is 29.6 Å². The molecule has 0 aliphatic carbocycles. The fourth-order valence-electron chi connectivity index (χ4n) is 1.03. The van der Waals surface area contributed by atoms with Gasteiger partial charge in [0, 0.05) is 11.8 Å². The van der Waals surface area contributed by atoms with Crippen molar-refractivity contribution in [2.24, 2.45) is 5.73 Å². The van der Waals surface area contributed by atoms with Gasteiger partial charge < -0.3 is 10.5 Å². The van der Waals surface area contributed by atoms with Crippen molar-refractivity contribution in [1.29, 1.82) is 0 Å². The van der Waals surface area contributed by atoms with E-state index >= 15 is 0 Å². The molecule has 0 bridgehead atoms. The van der Waals surface area contributed by atoms with Gasteiger partial charge in [-0.05, 0) is 20.3 Å². The standard InChI is InChI=1S/C10H21NO2S/c1-4-6-9(10(12)13-5-2)14-7-8(3)11/h8-9H,4-7,11H2,1-3H3. The first-order valence-corrected chi connectivity index (χ1v) is 6.20. The van der Waals surface area contributed by atoms with Crippen LogP contribution in [-0.2, 0) is 9.53 Å². The Labute approximate surface area is 90.8 Å². The minimum atomic E-state index is -0.0972. The highest BCUT2D eigenvalue weighted by atomic mass is 32.2. The van der Waals surface area contributed by atoms with Crippen LogP contribution in [0.4, 0.5) is 0 Å². The topological polar surface area (TPSA) is 52.3 Å². The van der Waals surface area contributed by atoms with Crippen molar-refractivity contribution in [3.05, 3.63) is 0 Å². The number of hydrogen-bond acceptors (Lipinski definition) is 4. The van der Waals surface area contributed by atoms with Crippen LogP contribution < -0.4 is 5.73 Å². The Hall–Kier alpha value is -0.220. The molecule has 0 aromatic carbocycles. The third-order valence-corrected chi connectivity index (χ3v) is 3.21. The number of hydrogen-bond donors (Lipinski definition) is 1. The highest BCUT2D eigenvalue weighted by Gasteiger charge is 2.19. The summed E-state index contributed by atoms with van der Waals surface area (Å²) in [6, 6.07) is 0.133. The van der Waals surface area contributed by atoms with Gasteiger partial charge >= 0.3 is 5.97 Å². The maximum Gasteiger partial charge on any atom is 0.319 e. The molecule has 2 atom stereocenters. The average molecular weight is 219 g/mol. The van der Waals surface area contributed by atoms with Crippen LogP contribution in [0.2, 0.25) is 0 Å². The summed E-state index contributed by atoms with van der Waals surface area (Å²) in [6.45, 7) is 6.30. The Morgan fingerprint density at radius 1 is 1.50 bits per heavy atom. The first-order valence-electron chi connectivity index (χ1n) is 5.15. The van der Waals surface area contributed by atoms with Crippen molar-refractivity contribution in [2.45, 2.75) is 44.9 Å². The number of esters is 1. The van der Waals surface area contributed by atoms with Gasteiger partial charge in [0.25, 0.3) is 0 Å². The number of thioether (sulfide) groups is 1. The smallest absolute Gasteiger partial charge is 0.319 e. The van der Waals surface area contributed by atoms with Crippen LogP contribution in [0.15, 0.2) is 0 Å². The molecule has 0 aromatic rings. The zero-order valence-corrected chi connectivity index (χ0v) is 10.1. The summed E-state index contributed by atoms with van der Waals surface area (Å²) >= 11 is 1.60. The Kier molecular flexibility index (Phi) is 7.99. The van der Waals surface area contributed by atoms with E-state index in [2.05, 4.69) is 6.92 Å². The summed E-state index contributed by atoms with van der Waals surface area (Å²) in [5, 5.41) is -0.0362. The van der Waals surface area contributed by atoms with Gasteiger partial charge in [0.1, 0.15) is 5.25 Å². The van der Waals surface area contributed by atoms with Crippen LogP contribution >= 0.6 is 11.8 Å². The zero-order valence-electron chi connectivity index (χ0n) is 9.29. The number of carbonyl (C=O) groups excluding carboxylic acids is 1. The van der Waals surface area contributed by atoms with Gasteiger partial charge in [-0.2, -0.15) is 0 Å². The van der Waals surface area contributed by atoms with Gasteiger partial charge in [0.05, 0.1) is 6.61 Å². The van der Waals surface area contributed by atoms with Gasteiger partial charge in [-0.3, -0.25) is 4.79 Å². The van der Waals surface area contributed by atoms with Crippen molar-refractivity contribution < 1.29 is 9.53 Å². The Morgan fingerprint density at radius 3 is 2.57 bits per heavy atom. The van der Waals surface area contributed by atoms with Crippen LogP contribution in [0.3, 0.4) is 0 Å². The number of ether oxygens (including phenoxy) is 1. The SMILES string of the molecule is CCCC(SCC(C)N)C(=O)OCC. The van der Waals surface area contributed by atoms with Crippen molar-refractivity contribution in [3.63, 3.8) is 0 Å². The molecular formula is C10H21NO2S. The van der Waals surface area contributed by atoms with Crippen LogP contribution in [0.5, 0.6) is 0 Å². The molecule has 0 rings (SSSR count).